The summed E-state index contributed by atoms with van der Waals surface area (Å²) in [5.41, 5.74) is -0.00301. The molecule has 0 saturated heterocycles. The Bertz CT molecular complexity index is 378. The average molecular weight is 490 g/mol. The van der Waals surface area contributed by atoms with Gasteiger partial charge in [-0.25, -0.2) is 0 Å². The second-order valence-electron chi connectivity index (χ2n) is 4.03. The van der Waals surface area contributed by atoms with Crippen LogP contribution in [0.4, 0.5) is 0 Å². The third kappa shape index (κ3) is 2.78. The van der Waals surface area contributed by atoms with E-state index in [1.807, 2.05) is 6.42 Å². The Morgan fingerprint density at radius 2 is 1.88 bits per heavy atom. The van der Waals surface area contributed by atoms with Gasteiger partial charge in [0.25, 0.3) is 0 Å². The van der Waals surface area contributed by atoms with E-state index in [-0.39, 0.29) is 5.41 Å². The second-order valence-corrected chi connectivity index (χ2v) is 7.36. The first-order valence-electron chi connectivity index (χ1n) is 5.04. The molecule has 2 aliphatic carbocycles. The van der Waals surface area contributed by atoms with Crippen molar-refractivity contribution in [1.82, 2.24) is 0 Å². The van der Waals surface area contributed by atoms with Gasteiger partial charge in [0, 0.05) is 36.9 Å². The average Bonchev–Trinajstić information content (AvgIpc) is 2.35. The van der Waals surface area contributed by atoms with Gasteiger partial charge >= 0.3 is 0 Å². The van der Waals surface area contributed by atoms with Crippen molar-refractivity contribution in [3.05, 3.63) is 43.3 Å². The SMILES string of the molecule is CO[C]1[CH][CH]C2(C[CH]1)CC(Br)=C(Br)C(Br)=C2Br. The molecular weight excluding hydrogens is 480 g/mol. The molecule has 17 heavy (non-hydrogen) atoms. The maximum absolute atomic E-state index is 5.23. The third-order valence-corrected chi connectivity index (χ3v) is 8.13. The fourth-order valence-corrected chi connectivity index (χ4v) is 4.81. The quantitative estimate of drug-likeness (QED) is 0.468. The maximum atomic E-state index is 5.23. The molecule has 5 heteroatoms. The van der Waals surface area contributed by atoms with E-state index in [4.69, 9.17) is 4.74 Å². The van der Waals surface area contributed by atoms with Crippen LogP contribution in [0.5, 0.6) is 0 Å². The molecule has 0 heterocycles. The standard InChI is InChI=1S/C12H10Br4O/c1-17-7-2-4-12(5-3-7)6-8(13)9(14)10(15)11(12)16/h2-4H,5-6H2,1H3. The van der Waals surface area contributed by atoms with Gasteiger partial charge in [0.05, 0.1) is 0 Å². The molecule has 2 aliphatic rings. The number of rotatable bonds is 1. The first-order chi connectivity index (χ1) is 8.00. The van der Waals surface area contributed by atoms with Crippen LogP contribution in [0.2, 0.25) is 0 Å². The zero-order valence-corrected chi connectivity index (χ0v) is 15.4. The Morgan fingerprint density at radius 1 is 1.18 bits per heavy atom. The molecule has 0 bridgehead atoms. The van der Waals surface area contributed by atoms with Crippen molar-refractivity contribution in [2.45, 2.75) is 12.8 Å². The van der Waals surface area contributed by atoms with Crippen LogP contribution in [0.1, 0.15) is 12.8 Å². The van der Waals surface area contributed by atoms with Gasteiger partial charge in [-0.05, 0) is 57.5 Å². The van der Waals surface area contributed by atoms with Gasteiger partial charge in [-0.2, -0.15) is 0 Å². The molecule has 92 valence electrons. The molecule has 2 rings (SSSR count). The predicted molar refractivity (Wildman–Crippen MR) is 84.6 cm³/mol. The topological polar surface area (TPSA) is 9.23 Å². The lowest BCUT2D eigenvalue weighted by molar-refractivity contribution is 0.215. The van der Waals surface area contributed by atoms with E-state index in [9.17, 15) is 0 Å². The molecule has 1 unspecified atom stereocenters. The highest BCUT2D eigenvalue weighted by Crippen LogP contribution is 2.57. The highest BCUT2D eigenvalue weighted by Gasteiger charge is 2.43. The van der Waals surface area contributed by atoms with Crippen LogP contribution in [0, 0.1) is 30.8 Å². The van der Waals surface area contributed by atoms with Crippen LogP contribution in [0.15, 0.2) is 17.9 Å². The molecule has 1 fully saturated rings. The van der Waals surface area contributed by atoms with Crippen molar-refractivity contribution >= 4 is 63.7 Å². The Kier molecular flexibility index (Phi) is 5.02. The van der Waals surface area contributed by atoms with Crippen molar-refractivity contribution in [3.63, 3.8) is 0 Å². The smallest absolute Gasteiger partial charge is 0.104 e. The van der Waals surface area contributed by atoms with E-state index < -0.39 is 0 Å². The third-order valence-electron chi connectivity index (χ3n) is 3.00. The van der Waals surface area contributed by atoms with Crippen LogP contribution in [-0.4, -0.2) is 7.11 Å². The first kappa shape index (κ1) is 14.8. The summed E-state index contributed by atoms with van der Waals surface area (Å²) in [7, 11) is 1.70. The van der Waals surface area contributed by atoms with E-state index in [0.29, 0.717) is 0 Å². The molecule has 1 spiro atoms. The number of ether oxygens (including phenoxy) is 1. The molecular formula is C12H10Br4O. The van der Waals surface area contributed by atoms with E-state index in [2.05, 4.69) is 76.6 Å². The fourth-order valence-electron chi connectivity index (χ4n) is 1.97. The lowest BCUT2D eigenvalue weighted by Crippen LogP contribution is -2.31. The van der Waals surface area contributed by atoms with Crippen molar-refractivity contribution in [1.29, 1.82) is 0 Å². The van der Waals surface area contributed by atoms with Crippen molar-refractivity contribution in [3.8, 4) is 0 Å². The molecule has 0 amide bonds. The van der Waals surface area contributed by atoms with Gasteiger partial charge in [0.2, 0.25) is 0 Å². The largest absolute Gasteiger partial charge is 0.375 e. The second kappa shape index (κ2) is 5.78. The molecule has 0 aromatic rings. The number of hydrogen-bond donors (Lipinski definition) is 0. The highest BCUT2D eigenvalue weighted by molar-refractivity contribution is 9.17. The minimum Gasteiger partial charge on any atom is -0.375 e. The van der Waals surface area contributed by atoms with Gasteiger partial charge in [-0.1, -0.05) is 31.9 Å². The molecule has 0 aromatic heterocycles. The normalized spacial score (nSPS) is 25.9. The van der Waals surface area contributed by atoms with E-state index in [1.165, 1.54) is 8.96 Å². The minimum atomic E-state index is -0.00301. The van der Waals surface area contributed by atoms with Crippen LogP contribution < -0.4 is 0 Å². The zero-order chi connectivity index (χ0) is 12.6. The van der Waals surface area contributed by atoms with Gasteiger partial charge in [-0.15, -0.1) is 0 Å². The van der Waals surface area contributed by atoms with Crippen LogP contribution >= 0.6 is 63.7 Å². The molecule has 0 N–H and O–H groups in total. The summed E-state index contributed by atoms with van der Waals surface area (Å²) < 4.78 is 9.71. The molecule has 1 atom stereocenters. The Morgan fingerprint density at radius 3 is 2.41 bits per heavy atom. The van der Waals surface area contributed by atoms with Gasteiger partial charge < -0.3 is 4.74 Å². The minimum absolute atomic E-state index is 0.00301. The summed E-state index contributed by atoms with van der Waals surface area (Å²) in [4.78, 5) is 0. The zero-order valence-electron chi connectivity index (χ0n) is 9.07. The number of halogens is 4. The number of hydrogen-bond acceptors (Lipinski definition) is 1. The molecule has 4 radical (unpaired) electrons. The van der Waals surface area contributed by atoms with Crippen molar-refractivity contribution < 1.29 is 4.74 Å². The lowest BCUT2D eigenvalue weighted by Gasteiger charge is -2.41. The monoisotopic (exact) mass is 486 g/mol. The van der Waals surface area contributed by atoms with E-state index in [0.717, 1.165) is 27.9 Å². The van der Waals surface area contributed by atoms with Crippen LogP contribution in [-0.2, 0) is 4.74 Å². The van der Waals surface area contributed by atoms with E-state index in [1.54, 1.807) is 7.11 Å². The molecule has 1 nitrogen and oxygen atoms in total. The summed E-state index contributed by atoms with van der Waals surface area (Å²) in [5, 5.41) is 0. The van der Waals surface area contributed by atoms with Crippen molar-refractivity contribution in [2.75, 3.05) is 7.11 Å². The Hall–Kier alpha value is 1.36. The van der Waals surface area contributed by atoms with Crippen molar-refractivity contribution in [2.24, 2.45) is 5.41 Å². The maximum Gasteiger partial charge on any atom is 0.104 e. The summed E-state index contributed by atoms with van der Waals surface area (Å²) in [6.07, 6.45) is 9.16. The van der Waals surface area contributed by atoms with Gasteiger partial charge in [-0.3, -0.25) is 0 Å². The molecule has 0 aliphatic heterocycles. The Labute approximate surface area is 136 Å². The molecule has 0 aromatic carbocycles. The number of allylic oxidation sites excluding steroid dienone is 4. The van der Waals surface area contributed by atoms with Gasteiger partial charge in [0.1, 0.15) is 6.10 Å². The number of methoxy groups -OCH3 is 1. The lowest BCUT2D eigenvalue weighted by atomic mass is 9.69. The first-order valence-corrected chi connectivity index (χ1v) is 8.21. The summed E-state index contributed by atoms with van der Waals surface area (Å²) >= 11 is 14.5. The highest BCUT2D eigenvalue weighted by atomic mass is 79.9. The van der Waals surface area contributed by atoms with Crippen LogP contribution in [0.3, 0.4) is 0 Å². The van der Waals surface area contributed by atoms with Crippen LogP contribution in [0.25, 0.3) is 0 Å². The fraction of sp³-hybridized carbons (Fsp3) is 0.333. The van der Waals surface area contributed by atoms with Gasteiger partial charge in [0.15, 0.2) is 0 Å². The summed E-state index contributed by atoms with van der Waals surface area (Å²) in [6, 6.07) is 0. The Balaban J connectivity index is 2.25. The van der Waals surface area contributed by atoms with E-state index >= 15 is 0 Å². The summed E-state index contributed by atoms with van der Waals surface area (Å²) in [5.74, 6) is 0. The molecule has 1 saturated carbocycles. The summed E-state index contributed by atoms with van der Waals surface area (Å²) in [6.45, 7) is 0. The predicted octanol–water partition coefficient (Wildman–Crippen LogP) is 5.57.